The average molecular weight is 244 g/mol. The molecule has 1 heterocycles. The first-order valence-electron chi connectivity index (χ1n) is 4.47. The number of aromatic nitrogens is 1. The predicted octanol–water partition coefficient (Wildman–Crippen LogP) is 0.370. The van der Waals surface area contributed by atoms with Gasteiger partial charge in [-0.05, 0) is 19.1 Å². The molecule has 1 aromatic heterocycles. The van der Waals surface area contributed by atoms with Gasteiger partial charge in [0, 0.05) is 12.5 Å². The first-order valence-corrected chi connectivity index (χ1v) is 6.36. The number of carbonyl (C=O) groups is 1. The molecule has 0 spiro atoms. The molecule has 0 saturated carbocycles. The lowest BCUT2D eigenvalue weighted by atomic mass is 10.3. The zero-order valence-electron chi connectivity index (χ0n) is 8.84. The van der Waals surface area contributed by atoms with Gasteiger partial charge in [0.05, 0.1) is 0 Å². The van der Waals surface area contributed by atoms with Gasteiger partial charge < -0.3 is 10.4 Å². The zero-order valence-corrected chi connectivity index (χ0v) is 9.65. The third-order valence-electron chi connectivity index (χ3n) is 1.89. The van der Waals surface area contributed by atoms with Crippen LogP contribution in [0.3, 0.4) is 0 Å². The van der Waals surface area contributed by atoms with Crippen LogP contribution in [0.1, 0.15) is 6.92 Å². The number of sulfone groups is 1. The number of hydrogen-bond acceptors (Lipinski definition) is 5. The quantitative estimate of drug-likeness (QED) is 0.794. The van der Waals surface area contributed by atoms with Crippen LogP contribution in [0.2, 0.25) is 0 Å². The summed E-state index contributed by atoms with van der Waals surface area (Å²) in [7, 11) is -3.42. The van der Waals surface area contributed by atoms with Gasteiger partial charge in [0.25, 0.3) is 0 Å². The molecular weight excluding hydrogens is 232 g/mol. The summed E-state index contributed by atoms with van der Waals surface area (Å²) in [5.41, 5.74) is 0. The number of anilines is 1. The van der Waals surface area contributed by atoms with Crippen LogP contribution in [0.15, 0.2) is 23.2 Å². The molecular formula is C9H12N2O4S. The smallest absolute Gasteiger partial charge is 0.325 e. The highest BCUT2D eigenvalue weighted by molar-refractivity contribution is 7.90. The Labute approximate surface area is 93.2 Å². The molecule has 6 nitrogen and oxygen atoms in total. The molecule has 0 amide bonds. The Kier molecular flexibility index (Phi) is 3.48. The minimum Gasteiger partial charge on any atom is -0.480 e. The van der Waals surface area contributed by atoms with E-state index in [0.717, 1.165) is 6.26 Å². The van der Waals surface area contributed by atoms with Crippen LogP contribution in [-0.2, 0) is 14.6 Å². The maximum Gasteiger partial charge on any atom is 0.325 e. The zero-order chi connectivity index (χ0) is 12.3. The van der Waals surface area contributed by atoms with E-state index in [2.05, 4.69) is 10.3 Å². The van der Waals surface area contributed by atoms with E-state index in [9.17, 15) is 13.2 Å². The first kappa shape index (κ1) is 12.4. The fourth-order valence-electron chi connectivity index (χ4n) is 1.06. The van der Waals surface area contributed by atoms with Crippen molar-refractivity contribution in [3.8, 4) is 0 Å². The van der Waals surface area contributed by atoms with Crippen molar-refractivity contribution >= 4 is 21.6 Å². The van der Waals surface area contributed by atoms with Crippen LogP contribution in [0, 0.1) is 0 Å². The van der Waals surface area contributed by atoms with Crippen molar-refractivity contribution in [3.05, 3.63) is 18.3 Å². The Balaban J connectivity index is 3.10. The maximum absolute atomic E-state index is 11.4. The number of carboxylic acids is 1. The predicted molar refractivity (Wildman–Crippen MR) is 58.1 cm³/mol. The molecule has 0 aliphatic rings. The lowest BCUT2D eigenvalue weighted by Crippen LogP contribution is -2.26. The Morgan fingerprint density at radius 3 is 2.69 bits per heavy atom. The molecule has 2 N–H and O–H groups in total. The monoisotopic (exact) mass is 244 g/mol. The second kappa shape index (κ2) is 4.48. The molecule has 16 heavy (non-hydrogen) atoms. The Hall–Kier alpha value is -1.63. The van der Waals surface area contributed by atoms with Gasteiger partial charge in [0.1, 0.15) is 16.8 Å². The van der Waals surface area contributed by atoms with Crippen molar-refractivity contribution < 1.29 is 18.3 Å². The van der Waals surface area contributed by atoms with Crippen LogP contribution in [0.4, 0.5) is 5.82 Å². The van der Waals surface area contributed by atoms with E-state index < -0.39 is 21.8 Å². The van der Waals surface area contributed by atoms with Crippen LogP contribution in [0.25, 0.3) is 0 Å². The molecule has 88 valence electrons. The van der Waals surface area contributed by atoms with Gasteiger partial charge in [-0.25, -0.2) is 13.4 Å². The van der Waals surface area contributed by atoms with Crippen molar-refractivity contribution in [2.75, 3.05) is 11.6 Å². The second-order valence-corrected chi connectivity index (χ2v) is 5.31. The average Bonchev–Trinajstić information content (AvgIpc) is 2.16. The number of aliphatic carboxylic acids is 1. The van der Waals surface area contributed by atoms with Gasteiger partial charge >= 0.3 is 5.97 Å². The Morgan fingerprint density at radius 2 is 2.19 bits per heavy atom. The van der Waals surface area contributed by atoms with Crippen molar-refractivity contribution in [3.63, 3.8) is 0 Å². The van der Waals surface area contributed by atoms with Gasteiger partial charge in [-0.15, -0.1) is 0 Å². The van der Waals surface area contributed by atoms with Gasteiger partial charge in [-0.3, -0.25) is 4.79 Å². The lowest BCUT2D eigenvalue weighted by Gasteiger charge is -2.12. The molecule has 1 unspecified atom stereocenters. The van der Waals surface area contributed by atoms with E-state index in [1.165, 1.54) is 25.3 Å². The van der Waals surface area contributed by atoms with E-state index >= 15 is 0 Å². The van der Waals surface area contributed by atoms with Crippen LogP contribution < -0.4 is 5.32 Å². The minimum atomic E-state index is -3.42. The molecule has 0 radical (unpaired) electrons. The molecule has 1 aromatic rings. The molecule has 0 aliphatic heterocycles. The summed E-state index contributed by atoms with van der Waals surface area (Å²) in [5.74, 6) is -1.02. The highest BCUT2D eigenvalue weighted by atomic mass is 32.2. The standard InChI is InChI=1S/C9H12N2O4S/c1-6(9(12)13)11-8-7(16(2,14)15)4-3-5-10-8/h3-6H,1-2H3,(H,10,11)(H,12,13). The highest BCUT2D eigenvalue weighted by Crippen LogP contribution is 2.18. The Morgan fingerprint density at radius 1 is 1.56 bits per heavy atom. The summed E-state index contributed by atoms with van der Waals surface area (Å²) in [6.07, 6.45) is 2.44. The second-order valence-electron chi connectivity index (χ2n) is 3.33. The van der Waals surface area contributed by atoms with E-state index in [4.69, 9.17) is 5.11 Å². The SMILES string of the molecule is CC(Nc1ncccc1S(C)(=O)=O)C(=O)O. The normalized spacial score (nSPS) is 13.1. The molecule has 1 rings (SSSR count). The summed E-state index contributed by atoms with van der Waals surface area (Å²) >= 11 is 0. The van der Waals surface area contributed by atoms with Crippen molar-refractivity contribution in [1.29, 1.82) is 0 Å². The number of pyridine rings is 1. The van der Waals surface area contributed by atoms with Crippen LogP contribution in [-0.4, -0.2) is 36.8 Å². The fourth-order valence-corrected chi connectivity index (χ4v) is 1.85. The highest BCUT2D eigenvalue weighted by Gasteiger charge is 2.18. The number of rotatable bonds is 4. The van der Waals surface area contributed by atoms with E-state index in [1.54, 1.807) is 0 Å². The molecule has 0 bridgehead atoms. The van der Waals surface area contributed by atoms with E-state index in [-0.39, 0.29) is 10.7 Å². The summed E-state index contributed by atoms with van der Waals surface area (Å²) < 4.78 is 22.8. The maximum atomic E-state index is 11.4. The molecule has 1 atom stereocenters. The first-order chi connectivity index (χ1) is 7.32. The van der Waals surface area contributed by atoms with Crippen molar-refractivity contribution in [2.24, 2.45) is 0 Å². The van der Waals surface area contributed by atoms with Crippen LogP contribution in [0.5, 0.6) is 0 Å². The lowest BCUT2D eigenvalue weighted by molar-refractivity contribution is -0.137. The number of hydrogen-bond donors (Lipinski definition) is 2. The third-order valence-corrected chi connectivity index (χ3v) is 3.02. The van der Waals surface area contributed by atoms with Crippen molar-refractivity contribution in [1.82, 2.24) is 4.98 Å². The van der Waals surface area contributed by atoms with Crippen molar-refractivity contribution in [2.45, 2.75) is 17.9 Å². The summed E-state index contributed by atoms with van der Waals surface area (Å²) in [5, 5.41) is 11.2. The fraction of sp³-hybridized carbons (Fsp3) is 0.333. The topological polar surface area (TPSA) is 96.4 Å². The molecule has 0 fully saturated rings. The molecule has 0 saturated heterocycles. The third kappa shape index (κ3) is 2.93. The molecule has 0 aliphatic carbocycles. The van der Waals surface area contributed by atoms with Gasteiger partial charge in [-0.1, -0.05) is 0 Å². The van der Waals surface area contributed by atoms with Gasteiger partial charge in [0.15, 0.2) is 9.84 Å². The summed E-state index contributed by atoms with van der Waals surface area (Å²) in [4.78, 5) is 14.4. The van der Waals surface area contributed by atoms with Gasteiger partial charge in [-0.2, -0.15) is 0 Å². The molecule has 0 aromatic carbocycles. The number of nitrogens with one attached hydrogen (secondary N) is 1. The minimum absolute atomic E-state index is 0.0110. The van der Waals surface area contributed by atoms with E-state index in [0.29, 0.717) is 0 Å². The van der Waals surface area contributed by atoms with Crippen LogP contribution >= 0.6 is 0 Å². The number of nitrogens with zero attached hydrogens (tertiary/aromatic N) is 1. The van der Waals surface area contributed by atoms with E-state index in [1.807, 2.05) is 0 Å². The largest absolute Gasteiger partial charge is 0.480 e. The summed E-state index contributed by atoms with van der Waals surface area (Å²) in [6, 6.07) is 1.95. The van der Waals surface area contributed by atoms with Gasteiger partial charge in [0.2, 0.25) is 0 Å². The Bertz CT molecular complexity index is 498. The summed E-state index contributed by atoms with van der Waals surface area (Å²) in [6.45, 7) is 1.41. The number of carboxylic acid groups (broad SMARTS) is 1. The molecule has 7 heteroatoms.